The summed E-state index contributed by atoms with van der Waals surface area (Å²) in [6.45, 7) is 13.4. The molecule has 0 saturated carbocycles. The maximum atomic E-state index is 3.50. The van der Waals surface area contributed by atoms with Crippen molar-refractivity contribution >= 4 is 0 Å². The van der Waals surface area contributed by atoms with Crippen LogP contribution in [0.15, 0.2) is 0 Å². The van der Waals surface area contributed by atoms with Gasteiger partial charge in [-0.15, -0.1) is 0 Å². The molecule has 0 fully saturated rings. The first-order chi connectivity index (χ1) is 9.41. The van der Waals surface area contributed by atoms with Crippen LogP contribution in [0.4, 0.5) is 0 Å². The fourth-order valence-corrected chi connectivity index (χ4v) is 1.96. The second-order valence-electron chi connectivity index (χ2n) is 4.97. The van der Waals surface area contributed by atoms with Crippen LogP contribution in [0.2, 0.25) is 0 Å². The van der Waals surface area contributed by atoms with Crippen LogP contribution < -0.4 is 21.3 Å². The van der Waals surface area contributed by atoms with Gasteiger partial charge in [-0.1, -0.05) is 20.3 Å². The predicted molar refractivity (Wildman–Crippen MR) is 85.9 cm³/mol. The zero-order valence-corrected chi connectivity index (χ0v) is 13.2. The molecule has 0 aliphatic carbocycles. The van der Waals surface area contributed by atoms with Gasteiger partial charge in [0.15, 0.2) is 0 Å². The average molecular weight is 272 g/mol. The van der Waals surface area contributed by atoms with Crippen LogP contribution in [0.5, 0.6) is 0 Å². The number of rotatable bonds is 16. The highest BCUT2D eigenvalue weighted by Crippen LogP contribution is 1.92. The molecule has 0 aliphatic rings. The van der Waals surface area contributed by atoms with Crippen molar-refractivity contribution in [1.29, 1.82) is 0 Å². The van der Waals surface area contributed by atoms with Crippen molar-refractivity contribution in [2.24, 2.45) is 0 Å². The first-order valence-electron chi connectivity index (χ1n) is 8.24. The van der Waals surface area contributed by atoms with E-state index in [1.807, 2.05) is 0 Å². The number of unbranched alkanes of at least 4 members (excludes halogenated alkanes) is 2. The van der Waals surface area contributed by atoms with Gasteiger partial charge in [-0.3, -0.25) is 0 Å². The molecule has 0 spiro atoms. The molecule has 0 aliphatic heterocycles. The average Bonchev–Trinajstić information content (AvgIpc) is 2.43. The number of hydrogen-bond donors (Lipinski definition) is 4. The smallest absolute Gasteiger partial charge is 0.00368 e. The fourth-order valence-electron chi connectivity index (χ4n) is 1.96. The lowest BCUT2D eigenvalue weighted by atomic mass is 10.2. The molecule has 0 radical (unpaired) electrons. The normalized spacial score (nSPS) is 11.1. The van der Waals surface area contributed by atoms with Gasteiger partial charge in [0.2, 0.25) is 0 Å². The standard InChI is InChI=1S/C15H36N4/c1-3-16-12-8-14-18-10-6-5-7-11-19-15-9-13-17-4-2/h16-19H,3-15H2,1-2H3. The number of hydrogen-bond acceptors (Lipinski definition) is 4. The minimum atomic E-state index is 1.08. The van der Waals surface area contributed by atoms with Gasteiger partial charge in [0.25, 0.3) is 0 Å². The Hall–Kier alpha value is -0.160. The minimum absolute atomic E-state index is 1.08. The number of nitrogens with one attached hydrogen (secondary N) is 4. The molecule has 0 aromatic heterocycles. The van der Waals surface area contributed by atoms with Crippen LogP contribution in [0.1, 0.15) is 46.0 Å². The molecule has 116 valence electrons. The Balaban J connectivity index is 2.88. The Kier molecular flexibility index (Phi) is 17.7. The van der Waals surface area contributed by atoms with Crippen LogP contribution in [0.25, 0.3) is 0 Å². The lowest BCUT2D eigenvalue weighted by Crippen LogP contribution is -2.23. The molecule has 4 heteroatoms. The Morgan fingerprint density at radius 3 is 1.21 bits per heavy atom. The summed E-state index contributed by atoms with van der Waals surface area (Å²) in [5, 5.41) is 13.7. The van der Waals surface area contributed by atoms with E-state index in [4.69, 9.17) is 0 Å². The highest BCUT2D eigenvalue weighted by Gasteiger charge is 1.91. The van der Waals surface area contributed by atoms with Crippen molar-refractivity contribution in [3.05, 3.63) is 0 Å². The molecule has 4 N–H and O–H groups in total. The van der Waals surface area contributed by atoms with E-state index in [1.54, 1.807) is 0 Å². The summed E-state index contributed by atoms with van der Waals surface area (Å²) >= 11 is 0. The molecule has 4 nitrogen and oxygen atoms in total. The van der Waals surface area contributed by atoms with Crippen molar-refractivity contribution in [3.63, 3.8) is 0 Å². The van der Waals surface area contributed by atoms with E-state index in [-0.39, 0.29) is 0 Å². The van der Waals surface area contributed by atoms with Crippen molar-refractivity contribution in [2.75, 3.05) is 52.4 Å². The van der Waals surface area contributed by atoms with Gasteiger partial charge in [-0.2, -0.15) is 0 Å². The van der Waals surface area contributed by atoms with Gasteiger partial charge in [0, 0.05) is 0 Å². The Morgan fingerprint density at radius 2 is 0.789 bits per heavy atom. The van der Waals surface area contributed by atoms with Crippen LogP contribution >= 0.6 is 0 Å². The molecule has 0 rings (SSSR count). The molecule has 0 unspecified atom stereocenters. The minimum Gasteiger partial charge on any atom is -0.317 e. The van der Waals surface area contributed by atoms with E-state index in [1.165, 1.54) is 45.2 Å². The third-order valence-corrected chi connectivity index (χ3v) is 3.12. The Labute approximate surface area is 120 Å². The molecule has 0 bridgehead atoms. The predicted octanol–water partition coefficient (Wildman–Crippen LogP) is 1.34. The summed E-state index contributed by atoms with van der Waals surface area (Å²) < 4.78 is 0. The van der Waals surface area contributed by atoms with Gasteiger partial charge in [-0.05, 0) is 78.0 Å². The second-order valence-corrected chi connectivity index (χ2v) is 4.97. The summed E-state index contributed by atoms with van der Waals surface area (Å²) in [5.41, 5.74) is 0. The van der Waals surface area contributed by atoms with Gasteiger partial charge >= 0.3 is 0 Å². The lowest BCUT2D eigenvalue weighted by molar-refractivity contribution is 0.547. The van der Waals surface area contributed by atoms with Gasteiger partial charge in [-0.25, -0.2) is 0 Å². The Morgan fingerprint density at radius 1 is 0.421 bits per heavy atom. The quantitative estimate of drug-likeness (QED) is 0.320. The maximum Gasteiger partial charge on any atom is -0.00368 e. The molecule has 0 amide bonds. The van der Waals surface area contributed by atoms with E-state index in [0.717, 1.165) is 39.3 Å². The summed E-state index contributed by atoms with van der Waals surface area (Å²) in [7, 11) is 0. The first-order valence-corrected chi connectivity index (χ1v) is 8.24. The molecule has 0 aromatic rings. The molecule has 0 atom stereocenters. The van der Waals surface area contributed by atoms with Gasteiger partial charge in [0.1, 0.15) is 0 Å². The Bertz CT molecular complexity index is 137. The SMILES string of the molecule is CCNCCCNCCCCCNCCCNCC. The molecule has 19 heavy (non-hydrogen) atoms. The lowest BCUT2D eigenvalue weighted by Gasteiger charge is -2.06. The monoisotopic (exact) mass is 272 g/mol. The highest BCUT2D eigenvalue weighted by atomic mass is 14.9. The third kappa shape index (κ3) is 17.8. The van der Waals surface area contributed by atoms with Gasteiger partial charge in [0.05, 0.1) is 0 Å². The first kappa shape index (κ1) is 18.8. The largest absolute Gasteiger partial charge is 0.317 e. The molecular weight excluding hydrogens is 236 g/mol. The molecule has 0 aromatic carbocycles. The summed E-state index contributed by atoms with van der Waals surface area (Å²) in [6, 6.07) is 0. The summed E-state index contributed by atoms with van der Waals surface area (Å²) in [5.74, 6) is 0. The maximum absolute atomic E-state index is 3.50. The van der Waals surface area contributed by atoms with E-state index in [9.17, 15) is 0 Å². The summed E-state index contributed by atoms with van der Waals surface area (Å²) in [6.07, 6.45) is 6.42. The van der Waals surface area contributed by atoms with Crippen molar-refractivity contribution < 1.29 is 0 Å². The van der Waals surface area contributed by atoms with Gasteiger partial charge < -0.3 is 21.3 Å². The highest BCUT2D eigenvalue weighted by molar-refractivity contribution is 4.54. The summed E-state index contributed by atoms with van der Waals surface area (Å²) in [4.78, 5) is 0. The molecular formula is C15H36N4. The van der Waals surface area contributed by atoms with Crippen molar-refractivity contribution in [3.8, 4) is 0 Å². The zero-order valence-electron chi connectivity index (χ0n) is 13.2. The van der Waals surface area contributed by atoms with E-state index >= 15 is 0 Å². The fraction of sp³-hybridized carbons (Fsp3) is 1.00. The zero-order chi connectivity index (χ0) is 14.0. The van der Waals surface area contributed by atoms with Crippen LogP contribution in [-0.2, 0) is 0 Å². The van der Waals surface area contributed by atoms with Crippen LogP contribution in [0, 0.1) is 0 Å². The molecule has 0 heterocycles. The van der Waals surface area contributed by atoms with Crippen LogP contribution in [0.3, 0.4) is 0 Å². The van der Waals surface area contributed by atoms with E-state index in [0.29, 0.717) is 0 Å². The molecule has 0 saturated heterocycles. The topological polar surface area (TPSA) is 48.1 Å². The van der Waals surface area contributed by atoms with Crippen LogP contribution in [-0.4, -0.2) is 52.4 Å². The van der Waals surface area contributed by atoms with Crippen molar-refractivity contribution in [1.82, 2.24) is 21.3 Å². The van der Waals surface area contributed by atoms with Crippen molar-refractivity contribution in [2.45, 2.75) is 46.0 Å². The third-order valence-electron chi connectivity index (χ3n) is 3.12. The second kappa shape index (κ2) is 17.8. The van der Waals surface area contributed by atoms with E-state index < -0.39 is 0 Å². The van der Waals surface area contributed by atoms with E-state index in [2.05, 4.69) is 35.1 Å².